The molecule has 2 rings (SSSR count). The van der Waals surface area contributed by atoms with Gasteiger partial charge in [0.2, 0.25) is 0 Å². The third-order valence-corrected chi connectivity index (χ3v) is 4.95. The van der Waals surface area contributed by atoms with Crippen molar-refractivity contribution in [3.05, 3.63) is 29.8 Å². The number of nitrogens with one attached hydrogen (secondary N) is 1. The van der Waals surface area contributed by atoms with E-state index in [1.54, 1.807) is 0 Å². The molecule has 1 atom stereocenters. The summed E-state index contributed by atoms with van der Waals surface area (Å²) in [5.41, 5.74) is 0. The first kappa shape index (κ1) is 13.0. The molecular formula is C10H12N2O4S2. The number of rotatable bonds is 3. The summed E-state index contributed by atoms with van der Waals surface area (Å²) in [7, 11) is -6.59. The summed E-state index contributed by atoms with van der Waals surface area (Å²) in [6.07, 6.45) is 4.01. The van der Waals surface area contributed by atoms with Gasteiger partial charge in [-0.3, -0.25) is 0 Å². The van der Waals surface area contributed by atoms with Crippen LogP contribution in [0.1, 0.15) is 0 Å². The number of nitrogens with zero attached hydrogens (tertiary/aromatic N) is 1. The third kappa shape index (κ3) is 2.88. The van der Waals surface area contributed by atoms with Gasteiger partial charge in [-0.15, -0.1) is 0 Å². The Balaban J connectivity index is 2.29. The molecule has 0 aromatic carbocycles. The smallest absolute Gasteiger partial charge is 0.179 e. The molecule has 1 N–H and O–H groups in total. The first-order valence-electron chi connectivity index (χ1n) is 5.10. The molecule has 1 aromatic heterocycles. The molecule has 1 unspecified atom stereocenters. The summed E-state index contributed by atoms with van der Waals surface area (Å²) >= 11 is 0. The Morgan fingerprint density at radius 2 is 2.17 bits per heavy atom. The van der Waals surface area contributed by atoms with Gasteiger partial charge in [0.25, 0.3) is 0 Å². The van der Waals surface area contributed by atoms with Crippen LogP contribution in [0.4, 0.5) is 5.82 Å². The number of sulfone groups is 2. The van der Waals surface area contributed by atoms with E-state index in [9.17, 15) is 16.8 Å². The van der Waals surface area contributed by atoms with Crippen LogP contribution in [-0.4, -0.2) is 39.9 Å². The lowest BCUT2D eigenvalue weighted by Crippen LogP contribution is -2.22. The molecule has 18 heavy (non-hydrogen) atoms. The predicted octanol–water partition coefficient (Wildman–Crippen LogP) is 0.208. The van der Waals surface area contributed by atoms with Gasteiger partial charge < -0.3 is 5.32 Å². The Labute approximate surface area is 106 Å². The highest BCUT2D eigenvalue weighted by Crippen LogP contribution is 2.20. The van der Waals surface area contributed by atoms with Gasteiger partial charge >= 0.3 is 0 Å². The summed E-state index contributed by atoms with van der Waals surface area (Å²) in [6, 6.07) is 2.49. The zero-order valence-corrected chi connectivity index (χ0v) is 11.2. The summed E-state index contributed by atoms with van der Waals surface area (Å²) in [5, 5.41) is 3.93. The average Bonchev–Trinajstić information content (AvgIpc) is 2.57. The minimum atomic E-state index is -3.40. The van der Waals surface area contributed by atoms with E-state index in [0.29, 0.717) is 0 Å². The zero-order chi connectivity index (χ0) is 13.4. The number of hydrogen-bond donors (Lipinski definition) is 1. The first-order valence-corrected chi connectivity index (χ1v) is 8.71. The molecule has 1 aromatic rings. The van der Waals surface area contributed by atoms with E-state index in [1.165, 1.54) is 24.4 Å². The second-order valence-corrected chi connectivity index (χ2v) is 7.95. The highest BCUT2D eigenvalue weighted by molar-refractivity contribution is 7.94. The molecule has 98 valence electrons. The second-order valence-electron chi connectivity index (χ2n) is 4.03. The summed E-state index contributed by atoms with van der Waals surface area (Å²) in [5.74, 6) is 0.0824. The standard InChI is InChI=1S/C10H12N2O4S2/c1-17(13,14)9-3-2-5-11-10(9)12-8-4-6-18(15,16)7-8/h2-6,8H,7H2,1H3,(H,11,12). The quantitative estimate of drug-likeness (QED) is 0.854. The highest BCUT2D eigenvalue weighted by atomic mass is 32.2. The maximum atomic E-state index is 11.5. The molecule has 0 bridgehead atoms. The van der Waals surface area contributed by atoms with E-state index in [2.05, 4.69) is 10.3 Å². The van der Waals surface area contributed by atoms with Gasteiger partial charge in [-0.25, -0.2) is 21.8 Å². The highest BCUT2D eigenvalue weighted by Gasteiger charge is 2.23. The lowest BCUT2D eigenvalue weighted by molar-refractivity contribution is 0.601. The maximum Gasteiger partial charge on any atom is 0.179 e. The van der Waals surface area contributed by atoms with Crippen molar-refractivity contribution in [3.63, 3.8) is 0 Å². The van der Waals surface area contributed by atoms with E-state index in [1.807, 2.05) is 0 Å². The van der Waals surface area contributed by atoms with Gasteiger partial charge in [0.15, 0.2) is 19.7 Å². The number of pyridine rings is 1. The van der Waals surface area contributed by atoms with Crippen LogP contribution in [0.15, 0.2) is 34.7 Å². The molecule has 1 aliphatic heterocycles. The maximum absolute atomic E-state index is 11.5. The lowest BCUT2D eigenvalue weighted by Gasteiger charge is -2.13. The van der Waals surface area contributed by atoms with E-state index in [4.69, 9.17) is 0 Å². The Hall–Kier alpha value is -1.41. The Kier molecular flexibility index (Phi) is 3.16. The largest absolute Gasteiger partial charge is 0.362 e. The van der Waals surface area contributed by atoms with Crippen molar-refractivity contribution in [2.75, 3.05) is 17.3 Å². The van der Waals surface area contributed by atoms with E-state index < -0.39 is 25.7 Å². The van der Waals surface area contributed by atoms with Gasteiger partial charge in [0, 0.05) is 17.9 Å². The fourth-order valence-electron chi connectivity index (χ4n) is 1.64. The minimum Gasteiger partial charge on any atom is -0.362 e. The van der Waals surface area contributed by atoms with Crippen LogP contribution >= 0.6 is 0 Å². The van der Waals surface area contributed by atoms with E-state index in [0.717, 1.165) is 11.7 Å². The van der Waals surface area contributed by atoms with Crippen LogP contribution in [0.5, 0.6) is 0 Å². The third-order valence-electron chi connectivity index (χ3n) is 2.42. The minimum absolute atomic E-state index is 0.0581. The van der Waals surface area contributed by atoms with Gasteiger partial charge in [-0.1, -0.05) is 0 Å². The summed E-state index contributed by atoms with van der Waals surface area (Å²) in [6.45, 7) is 0. The molecule has 6 nitrogen and oxygen atoms in total. The number of anilines is 1. The fourth-order valence-corrected chi connectivity index (χ4v) is 3.66. The van der Waals surface area contributed by atoms with Crippen molar-refractivity contribution in [2.24, 2.45) is 0 Å². The van der Waals surface area contributed by atoms with Crippen LogP contribution in [0.25, 0.3) is 0 Å². The van der Waals surface area contributed by atoms with Crippen molar-refractivity contribution in [1.29, 1.82) is 0 Å². The van der Waals surface area contributed by atoms with Crippen molar-refractivity contribution < 1.29 is 16.8 Å². The monoisotopic (exact) mass is 288 g/mol. The van der Waals surface area contributed by atoms with Crippen LogP contribution in [0.2, 0.25) is 0 Å². The van der Waals surface area contributed by atoms with Gasteiger partial charge in [-0.2, -0.15) is 0 Å². The van der Waals surface area contributed by atoms with Crippen LogP contribution < -0.4 is 5.32 Å². The van der Waals surface area contributed by atoms with Crippen LogP contribution in [0.3, 0.4) is 0 Å². The Morgan fingerprint density at radius 1 is 1.44 bits per heavy atom. The Morgan fingerprint density at radius 3 is 2.72 bits per heavy atom. The van der Waals surface area contributed by atoms with Crippen LogP contribution in [0, 0.1) is 0 Å². The molecular weight excluding hydrogens is 276 g/mol. The average molecular weight is 288 g/mol. The van der Waals surface area contributed by atoms with Crippen LogP contribution in [-0.2, 0) is 19.7 Å². The SMILES string of the molecule is CS(=O)(=O)c1cccnc1NC1C=CS(=O)(=O)C1. The molecule has 1 aliphatic rings. The molecule has 0 aliphatic carbocycles. The molecule has 0 saturated heterocycles. The van der Waals surface area contributed by atoms with Crippen molar-refractivity contribution in [2.45, 2.75) is 10.9 Å². The molecule has 8 heteroatoms. The lowest BCUT2D eigenvalue weighted by atomic mass is 10.3. The molecule has 0 spiro atoms. The summed E-state index contributed by atoms with van der Waals surface area (Å²) in [4.78, 5) is 4.00. The number of aromatic nitrogens is 1. The summed E-state index contributed by atoms with van der Waals surface area (Å²) < 4.78 is 45.6. The molecule has 0 amide bonds. The molecule has 0 radical (unpaired) electrons. The van der Waals surface area contributed by atoms with E-state index in [-0.39, 0.29) is 16.5 Å². The molecule has 2 heterocycles. The van der Waals surface area contributed by atoms with Crippen molar-refractivity contribution in [3.8, 4) is 0 Å². The molecule has 0 saturated carbocycles. The van der Waals surface area contributed by atoms with Crippen molar-refractivity contribution >= 4 is 25.5 Å². The Bertz CT molecular complexity index is 692. The van der Waals surface area contributed by atoms with E-state index >= 15 is 0 Å². The number of hydrogen-bond acceptors (Lipinski definition) is 6. The predicted molar refractivity (Wildman–Crippen MR) is 67.7 cm³/mol. The van der Waals surface area contributed by atoms with Gasteiger partial charge in [0.1, 0.15) is 10.7 Å². The second kappa shape index (κ2) is 4.36. The van der Waals surface area contributed by atoms with Gasteiger partial charge in [-0.05, 0) is 18.2 Å². The topological polar surface area (TPSA) is 93.2 Å². The normalized spacial score (nSPS) is 21.9. The first-order chi connectivity index (χ1) is 8.28. The zero-order valence-electron chi connectivity index (χ0n) is 9.57. The molecule has 0 fully saturated rings. The van der Waals surface area contributed by atoms with Crippen molar-refractivity contribution in [1.82, 2.24) is 4.98 Å². The fraction of sp³-hybridized carbons (Fsp3) is 0.300. The van der Waals surface area contributed by atoms with Gasteiger partial charge in [0.05, 0.1) is 11.8 Å².